The lowest BCUT2D eigenvalue weighted by Gasteiger charge is -2.23. The van der Waals surface area contributed by atoms with Gasteiger partial charge in [-0.05, 0) is 43.0 Å². The third-order valence-electron chi connectivity index (χ3n) is 6.00. The number of benzene rings is 2. The van der Waals surface area contributed by atoms with E-state index in [2.05, 4.69) is 5.32 Å². The highest BCUT2D eigenvalue weighted by atomic mass is 35.5. The van der Waals surface area contributed by atoms with Crippen molar-refractivity contribution in [2.75, 3.05) is 19.6 Å². The number of halogens is 1. The number of furan rings is 1. The normalized spacial score (nSPS) is 20.5. The second-order valence-electron chi connectivity index (χ2n) is 7.74. The smallest absolute Gasteiger partial charge is 0.258 e. The quantitative estimate of drug-likeness (QED) is 0.698. The number of fused-ring (bicyclic) bond motifs is 2. The minimum absolute atomic E-state index is 0. The number of hydrogen-bond acceptors (Lipinski definition) is 4. The monoisotopic (exact) mass is 412 g/mol. The summed E-state index contributed by atoms with van der Waals surface area (Å²) in [5.41, 5.74) is 2.51. The minimum Gasteiger partial charge on any atom is -0.489 e. The van der Waals surface area contributed by atoms with Gasteiger partial charge in [0.2, 0.25) is 0 Å². The van der Waals surface area contributed by atoms with E-state index in [1.807, 2.05) is 60.4 Å². The Bertz CT molecular complexity index is 1020. The van der Waals surface area contributed by atoms with Crippen LogP contribution in [0.1, 0.15) is 28.1 Å². The van der Waals surface area contributed by atoms with Crippen molar-refractivity contribution in [1.82, 2.24) is 10.2 Å². The van der Waals surface area contributed by atoms with Gasteiger partial charge in [0.25, 0.3) is 5.91 Å². The van der Waals surface area contributed by atoms with Gasteiger partial charge in [0.15, 0.2) is 0 Å². The van der Waals surface area contributed by atoms with Crippen LogP contribution in [0.25, 0.3) is 11.0 Å². The van der Waals surface area contributed by atoms with Crippen molar-refractivity contribution in [3.8, 4) is 5.75 Å². The van der Waals surface area contributed by atoms with Crippen LogP contribution >= 0.6 is 12.4 Å². The molecule has 1 N–H and O–H groups in total. The lowest BCUT2D eigenvalue weighted by Crippen LogP contribution is -2.39. The van der Waals surface area contributed by atoms with Crippen molar-refractivity contribution in [3.63, 3.8) is 0 Å². The van der Waals surface area contributed by atoms with Crippen LogP contribution < -0.4 is 10.1 Å². The summed E-state index contributed by atoms with van der Waals surface area (Å²) < 4.78 is 11.9. The first kappa shape index (κ1) is 19.8. The maximum atomic E-state index is 13.4. The molecule has 2 fully saturated rings. The van der Waals surface area contributed by atoms with E-state index in [0.29, 0.717) is 29.9 Å². The molecule has 2 aliphatic rings. The molecule has 2 aliphatic heterocycles. The maximum Gasteiger partial charge on any atom is 0.258 e. The summed E-state index contributed by atoms with van der Waals surface area (Å²) in [7, 11) is 0. The zero-order chi connectivity index (χ0) is 19.1. The molecule has 0 saturated carbocycles. The average Bonchev–Trinajstić information content (AvgIpc) is 3.40. The fraction of sp³-hybridized carbons (Fsp3) is 0.348. The van der Waals surface area contributed by atoms with Crippen LogP contribution in [0.2, 0.25) is 0 Å². The molecule has 5 rings (SSSR count). The number of carbonyl (C=O) groups is 1. The number of rotatable bonds is 4. The summed E-state index contributed by atoms with van der Waals surface area (Å²) in [5.74, 6) is 2.07. The third-order valence-corrected chi connectivity index (χ3v) is 6.00. The van der Waals surface area contributed by atoms with E-state index in [1.54, 1.807) is 0 Å². The van der Waals surface area contributed by atoms with Crippen LogP contribution in [-0.2, 0) is 6.61 Å². The lowest BCUT2D eigenvalue weighted by atomic mass is 10.0. The first-order valence-corrected chi connectivity index (χ1v) is 9.92. The van der Waals surface area contributed by atoms with E-state index < -0.39 is 0 Å². The summed E-state index contributed by atoms with van der Waals surface area (Å²) in [6.07, 6.45) is 1.07. The van der Waals surface area contributed by atoms with Crippen molar-refractivity contribution in [1.29, 1.82) is 0 Å². The number of amides is 1. The number of hydrogen-bond donors (Lipinski definition) is 1. The zero-order valence-electron chi connectivity index (χ0n) is 16.4. The van der Waals surface area contributed by atoms with Gasteiger partial charge in [0, 0.05) is 31.1 Å². The lowest BCUT2D eigenvalue weighted by molar-refractivity contribution is 0.0737. The van der Waals surface area contributed by atoms with Gasteiger partial charge in [-0.3, -0.25) is 4.79 Å². The van der Waals surface area contributed by atoms with E-state index in [1.165, 1.54) is 0 Å². The molecule has 0 bridgehead atoms. The minimum atomic E-state index is 0. The van der Waals surface area contributed by atoms with Crippen LogP contribution in [0, 0.1) is 12.8 Å². The Kier molecular flexibility index (Phi) is 5.52. The van der Waals surface area contributed by atoms with Gasteiger partial charge in [0.05, 0.1) is 5.56 Å². The standard InChI is InChI=1S/C23H24N2O3.ClH/c1-15-22(23(26)25-10-9-17-12-24-13-20(17)25)19-11-18(7-8-21(19)28-15)27-14-16-5-3-2-4-6-16;/h2-8,11,17,20,24H,9-10,12-14H2,1H3;1H/t17-,20+;/m0./s1. The summed E-state index contributed by atoms with van der Waals surface area (Å²) in [5, 5.41) is 4.25. The highest BCUT2D eigenvalue weighted by Gasteiger charge is 2.41. The molecule has 1 amide bonds. The first-order chi connectivity index (χ1) is 13.7. The van der Waals surface area contributed by atoms with Crippen molar-refractivity contribution in [2.24, 2.45) is 5.92 Å². The Balaban J connectivity index is 0.00000205. The van der Waals surface area contributed by atoms with Gasteiger partial charge in [0.1, 0.15) is 23.7 Å². The Morgan fingerprint density at radius 1 is 1.21 bits per heavy atom. The number of likely N-dealkylation sites (tertiary alicyclic amines) is 1. The molecule has 2 aromatic carbocycles. The average molecular weight is 413 g/mol. The highest BCUT2D eigenvalue weighted by Crippen LogP contribution is 2.34. The van der Waals surface area contributed by atoms with Crippen molar-refractivity contribution < 1.29 is 13.9 Å². The van der Waals surface area contributed by atoms with Gasteiger partial charge in [-0.1, -0.05) is 30.3 Å². The number of carbonyl (C=O) groups excluding carboxylic acids is 1. The summed E-state index contributed by atoms with van der Waals surface area (Å²) >= 11 is 0. The Morgan fingerprint density at radius 2 is 2.03 bits per heavy atom. The molecular weight excluding hydrogens is 388 g/mol. The van der Waals surface area contributed by atoms with E-state index >= 15 is 0 Å². The van der Waals surface area contributed by atoms with Gasteiger partial charge in [-0.25, -0.2) is 0 Å². The Morgan fingerprint density at radius 3 is 2.86 bits per heavy atom. The fourth-order valence-electron chi connectivity index (χ4n) is 4.54. The molecule has 0 radical (unpaired) electrons. The molecule has 152 valence electrons. The molecule has 3 heterocycles. The summed E-state index contributed by atoms with van der Waals surface area (Å²) in [6.45, 7) is 5.09. The van der Waals surface area contributed by atoms with Crippen LogP contribution in [0.3, 0.4) is 0 Å². The molecular formula is C23H25ClN2O3. The maximum absolute atomic E-state index is 13.4. The first-order valence-electron chi connectivity index (χ1n) is 9.92. The molecule has 2 atom stereocenters. The van der Waals surface area contributed by atoms with Crippen molar-refractivity contribution in [2.45, 2.75) is 26.0 Å². The molecule has 0 unspecified atom stereocenters. The van der Waals surface area contributed by atoms with Gasteiger partial charge in [-0.2, -0.15) is 0 Å². The van der Waals surface area contributed by atoms with Gasteiger partial charge in [-0.15, -0.1) is 12.4 Å². The number of nitrogens with one attached hydrogen (secondary N) is 1. The molecule has 1 aromatic heterocycles. The highest BCUT2D eigenvalue weighted by molar-refractivity contribution is 6.07. The topological polar surface area (TPSA) is 54.7 Å². The summed E-state index contributed by atoms with van der Waals surface area (Å²) in [4.78, 5) is 15.4. The van der Waals surface area contributed by atoms with Crippen LogP contribution in [0.5, 0.6) is 5.75 Å². The van der Waals surface area contributed by atoms with Gasteiger partial charge >= 0.3 is 0 Å². The van der Waals surface area contributed by atoms with Crippen molar-refractivity contribution in [3.05, 3.63) is 65.4 Å². The SMILES string of the molecule is Cc1oc2ccc(OCc3ccccc3)cc2c1C(=O)N1CC[C@H]2CNC[C@H]21.Cl. The van der Waals surface area contributed by atoms with E-state index in [-0.39, 0.29) is 18.3 Å². The summed E-state index contributed by atoms with van der Waals surface area (Å²) in [6, 6.07) is 16.1. The number of nitrogens with zero attached hydrogens (tertiary/aromatic N) is 1. The predicted molar refractivity (Wildman–Crippen MR) is 115 cm³/mol. The number of ether oxygens (including phenoxy) is 1. The molecule has 3 aromatic rings. The van der Waals surface area contributed by atoms with E-state index in [0.717, 1.165) is 48.3 Å². The molecule has 29 heavy (non-hydrogen) atoms. The largest absolute Gasteiger partial charge is 0.489 e. The molecule has 2 saturated heterocycles. The Hall–Kier alpha value is -2.50. The zero-order valence-corrected chi connectivity index (χ0v) is 17.2. The van der Waals surface area contributed by atoms with Crippen LogP contribution in [0.15, 0.2) is 52.9 Å². The second-order valence-corrected chi connectivity index (χ2v) is 7.74. The second kappa shape index (κ2) is 8.09. The fourth-order valence-corrected chi connectivity index (χ4v) is 4.54. The molecule has 0 aliphatic carbocycles. The van der Waals surface area contributed by atoms with Gasteiger partial charge < -0.3 is 19.4 Å². The van der Waals surface area contributed by atoms with Crippen LogP contribution in [-0.4, -0.2) is 36.5 Å². The molecule has 0 spiro atoms. The van der Waals surface area contributed by atoms with E-state index in [9.17, 15) is 4.79 Å². The third kappa shape index (κ3) is 3.61. The van der Waals surface area contributed by atoms with Crippen LogP contribution in [0.4, 0.5) is 0 Å². The number of aryl methyl sites for hydroxylation is 1. The predicted octanol–water partition coefficient (Wildman–Crippen LogP) is 4.18. The van der Waals surface area contributed by atoms with Crippen molar-refractivity contribution >= 4 is 29.3 Å². The van der Waals surface area contributed by atoms with E-state index in [4.69, 9.17) is 9.15 Å². The molecule has 5 nitrogen and oxygen atoms in total. The molecule has 6 heteroatoms. The Labute approximate surface area is 176 Å².